The summed E-state index contributed by atoms with van der Waals surface area (Å²) in [5.41, 5.74) is 1.66. The van der Waals surface area contributed by atoms with Gasteiger partial charge in [-0.3, -0.25) is 14.4 Å². The second kappa shape index (κ2) is 22.6. The number of hydrogen-bond acceptors (Lipinski definition) is 10. The van der Waals surface area contributed by atoms with E-state index in [1.165, 1.54) is 0 Å². The average Bonchev–Trinajstić information content (AvgIpc) is 3.55. The molecule has 1 aliphatic heterocycles. The Bertz CT molecular complexity index is 1720. The van der Waals surface area contributed by atoms with Crippen LogP contribution in [0.2, 0.25) is 0 Å². The fourth-order valence-corrected chi connectivity index (χ4v) is 7.18. The Morgan fingerprint density at radius 2 is 1.69 bits per heavy atom. The lowest BCUT2D eigenvalue weighted by Crippen LogP contribution is -2.44. The second-order valence-corrected chi connectivity index (χ2v) is 16.3. The third-order valence-electron chi connectivity index (χ3n) is 10.2. The van der Waals surface area contributed by atoms with Gasteiger partial charge in [0.05, 0.1) is 18.2 Å². The quantitative estimate of drug-likeness (QED) is 0.0703. The van der Waals surface area contributed by atoms with Crippen molar-refractivity contribution >= 4 is 29.8 Å². The third kappa shape index (κ3) is 14.7. The maximum absolute atomic E-state index is 13.8. The summed E-state index contributed by atoms with van der Waals surface area (Å²) >= 11 is 0. The van der Waals surface area contributed by atoms with E-state index in [1.54, 1.807) is 57.2 Å². The van der Waals surface area contributed by atoms with Crippen LogP contribution in [0, 0.1) is 0 Å². The number of carbonyl (C=O) groups excluding carboxylic acids is 4. The first-order valence-electron chi connectivity index (χ1n) is 21.0. The van der Waals surface area contributed by atoms with E-state index in [2.05, 4.69) is 24.5 Å². The molecule has 1 heterocycles. The molecule has 0 saturated carbocycles. The Morgan fingerprint density at radius 1 is 0.966 bits per heavy atom. The summed E-state index contributed by atoms with van der Waals surface area (Å²) in [6.45, 7) is 9.26. The van der Waals surface area contributed by atoms with E-state index in [0.29, 0.717) is 30.4 Å². The van der Waals surface area contributed by atoms with Crippen LogP contribution in [0.1, 0.15) is 133 Å². The molecule has 1 aliphatic carbocycles. The maximum atomic E-state index is 13.8. The Hall–Kier alpha value is -4.52. The molecule has 2 aliphatic rings. The zero-order chi connectivity index (χ0) is 42.1. The molecule has 0 aromatic heterocycles. The van der Waals surface area contributed by atoms with Gasteiger partial charge in [-0.05, 0) is 81.9 Å². The summed E-state index contributed by atoms with van der Waals surface area (Å²) in [7, 11) is 0. The zero-order valence-electron chi connectivity index (χ0n) is 34.9. The summed E-state index contributed by atoms with van der Waals surface area (Å²) in [6, 6.07) is 13.6. The predicted molar refractivity (Wildman–Crippen MR) is 222 cm³/mol. The van der Waals surface area contributed by atoms with E-state index in [0.717, 1.165) is 49.7 Å². The van der Waals surface area contributed by atoms with Gasteiger partial charge >= 0.3 is 11.9 Å². The SMILES string of the molecule is CCCCCC1(CCCCC)O[C@@H]2[C@@H](C=C(C(=O)NCCC(=O)N[C@H](CO)CCC(=O)OC(C)(C)C)C[C@H]2OC(=O)c2cccc(C=CCc3ccccc3O)c2)O1. The van der Waals surface area contributed by atoms with E-state index in [9.17, 15) is 29.4 Å². The van der Waals surface area contributed by atoms with Gasteiger partial charge in [0.25, 0.3) is 0 Å². The number of aliphatic hydroxyl groups is 1. The number of carbonyl (C=O) groups is 4. The van der Waals surface area contributed by atoms with Crippen LogP contribution in [0.25, 0.3) is 6.08 Å². The number of esters is 2. The van der Waals surface area contributed by atoms with Crippen molar-refractivity contribution in [2.75, 3.05) is 13.2 Å². The number of phenols is 1. The molecule has 0 bridgehead atoms. The normalized spacial score (nSPS) is 19.2. The molecule has 12 nitrogen and oxygen atoms in total. The number of nitrogens with one attached hydrogen (secondary N) is 2. The fourth-order valence-electron chi connectivity index (χ4n) is 7.18. The molecule has 1 saturated heterocycles. The molecule has 2 aromatic carbocycles. The minimum absolute atomic E-state index is 0.0182. The van der Waals surface area contributed by atoms with Crippen LogP contribution >= 0.6 is 0 Å². The lowest BCUT2D eigenvalue weighted by Gasteiger charge is -2.31. The second-order valence-electron chi connectivity index (χ2n) is 16.3. The number of hydrogen-bond donors (Lipinski definition) is 4. The van der Waals surface area contributed by atoms with Crippen LogP contribution in [-0.4, -0.2) is 82.9 Å². The fraction of sp³-hybridized carbons (Fsp3) is 0.565. The molecule has 12 heteroatoms. The van der Waals surface area contributed by atoms with E-state index in [1.807, 2.05) is 30.4 Å². The lowest BCUT2D eigenvalue weighted by molar-refractivity contribution is -0.190. The summed E-state index contributed by atoms with van der Waals surface area (Å²) in [4.78, 5) is 52.3. The highest BCUT2D eigenvalue weighted by Gasteiger charge is 2.52. The van der Waals surface area contributed by atoms with Crippen LogP contribution in [0.15, 0.2) is 66.3 Å². The number of ether oxygens (including phenoxy) is 4. The van der Waals surface area contributed by atoms with Crippen molar-refractivity contribution < 1.29 is 48.3 Å². The lowest BCUT2D eigenvalue weighted by atomic mass is 9.91. The number of benzene rings is 2. The van der Waals surface area contributed by atoms with Crippen LogP contribution in [0.3, 0.4) is 0 Å². The van der Waals surface area contributed by atoms with Gasteiger partial charge in [-0.2, -0.15) is 0 Å². The largest absolute Gasteiger partial charge is 0.508 e. The molecular weight excluding hydrogens is 741 g/mol. The summed E-state index contributed by atoms with van der Waals surface area (Å²) < 4.78 is 25.0. The molecule has 0 radical (unpaired) electrons. The van der Waals surface area contributed by atoms with E-state index in [4.69, 9.17) is 18.9 Å². The van der Waals surface area contributed by atoms with Gasteiger partial charge in [-0.25, -0.2) is 4.79 Å². The molecule has 1 fully saturated rings. The van der Waals surface area contributed by atoms with Gasteiger partial charge in [0.15, 0.2) is 5.79 Å². The highest BCUT2D eigenvalue weighted by atomic mass is 16.8. The minimum atomic E-state index is -0.866. The maximum Gasteiger partial charge on any atom is 0.338 e. The number of para-hydroxylation sites is 1. The number of rotatable bonds is 22. The first-order chi connectivity index (χ1) is 27.7. The van der Waals surface area contributed by atoms with Crippen molar-refractivity contribution in [2.45, 2.75) is 154 Å². The monoisotopic (exact) mass is 804 g/mol. The summed E-state index contributed by atoms with van der Waals surface area (Å²) in [5, 5.41) is 25.4. The molecule has 2 amide bonds. The number of fused-ring (bicyclic) bond motifs is 1. The Morgan fingerprint density at radius 3 is 2.36 bits per heavy atom. The van der Waals surface area contributed by atoms with Crippen LogP contribution in [0.4, 0.5) is 0 Å². The first kappa shape index (κ1) is 46.2. The van der Waals surface area contributed by atoms with Crippen molar-refractivity contribution in [3.05, 3.63) is 82.9 Å². The van der Waals surface area contributed by atoms with Crippen molar-refractivity contribution in [2.24, 2.45) is 0 Å². The number of aliphatic hydroxyl groups excluding tert-OH is 1. The molecule has 4 atom stereocenters. The van der Waals surface area contributed by atoms with Gasteiger partial charge in [0.1, 0.15) is 29.7 Å². The molecule has 2 aromatic rings. The highest BCUT2D eigenvalue weighted by molar-refractivity contribution is 5.94. The van der Waals surface area contributed by atoms with Crippen molar-refractivity contribution in [3.63, 3.8) is 0 Å². The Balaban J connectivity index is 1.44. The molecule has 318 valence electrons. The minimum Gasteiger partial charge on any atom is -0.508 e. The Kier molecular flexibility index (Phi) is 18.0. The van der Waals surface area contributed by atoms with E-state index >= 15 is 0 Å². The Labute approximate surface area is 343 Å². The predicted octanol–water partition coefficient (Wildman–Crippen LogP) is 7.25. The van der Waals surface area contributed by atoms with Gasteiger partial charge < -0.3 is 39.8 Å². The van der Waals surface area contributed by atoms with Gasteiger partial charge in [-0.1, -0.05) is 82.0 Å². The number of phenolic OH excluding ortho intramolecular Hbond substituents is 1. The summed E-state index contributed by atoms with van der Waals surface area (Å²) in [6.07, 6.45) is 11.6. The van der Waals surface area contributed by atoms with E-state index in [-0.39, 0.29) is 50.5 Å². The number of unbranched alkanes of at least 4 members (excludes halogenated alkanes) is 4. The number of aromatic hydroxyl groups is 1. The molecule has 0 spiro atoms. The smallest absolute Gasteiger partial charge is 0.338 e. The molecular formula is C46H64N2O10. The first-order valence-corrected chi connectivity index (χ1v) is 21.0. The number of allylic oxidation sites excluding steroid dienone is 1. The van der Waals surface area contributed by atoms with E-state index < -0.39 is 53.6 Å². The van der Waals surface area contributed by atoms with Crippen molar-refractivity contribution in [3.8, 4) is 5.75 Å². The summed E-state index contributed by atoms with van der Waals surface area (Å²) in [5.74, 6) is -2.42. The van der Waals surface area contributed by atoms with Crippen LogP contribution in [-0.2, 0) is 39.8 Å². The molecule has 4 rings (SSSR count). The topological polar surface area (TPSA) is 170 Å². The van der Waals surface area contributed by atoms with Crippen molar-refractivity contribution in [1.29, 1.82) is 0 Å². The standard InChI is InChI=1S/C46H64N2O10/c1-6-8-12-25-46(26-13-9-7-2)56-39-30-35(43(53)47-27-24-40(51)48-36(31-49)22-23-41(52)57-45(3,4)5)29-38(42(39)58-46)55-44(54)34-20-15-17-32(28-34)16-14-19-33-18-10-11-21-37(33)50/h10-11,14-18,20-21,28,30,36,38-39,42,49-50H,6-9,12-13,19,22-27,29,31H2,1-5H3,(H,47,53)(H,48,51)/t36-,38+,39+,42-/m0/s1. The zero-order valence-corrected chi connectivity index (χ0v) is 34.9. The van der Waals surface area contributed by atoms with Gasteiger partial charge in [-0.15, -0.1) is 0 Å². The molecule has 58 heavy (non-hydrogen) atoms. The highest BCUT2D eigenvalue weighted by Crippen LogP contribution is 2.43. The van der Waals surface area contributed by atoms with Crippen LogP contribution < -0.4 is 10.6 Å². The molecule has 4 N–H and O–H groups in total. The van der Waals surface area contributed by atoms with Crippen LogP contribution in [0.5, 0.6) is 5.75 Å². The van der Waals surface area contributed by atoms with Gasteiger partial charge in [0.2, 0.25) is 11.8 Å². The third-order valence-corrected chi connectivity index (χ3v) is 10.2. The molecule has 0 unspecified atom stereocenters. The number of amides is 2. The average molecular weight is 805 g/mol. The van der Waals surface area contributed by atoms with Crippen molar-refractivity contribution in [1.82, 2.24) is 10.6 Å². The van der Waals surface area contributed by atoms with Gasteiger partial charge in [0, 0.05) is 44.2 Å².